The third-order valence-electron chi connectivity index (χ3n) is 6.03. The van der Waals surface area contributed by atoms with E-state index in [0.29, 0.717) is 12.1 Å². The molecule has 37 heavy (non-hydrogen) atoms. The third-order valence-corrected chi connectivity index (χ3v) is 7.52. The van der Waals surface area contributed by atoms with Crippen LogP contribution in [0, 0.1) is 30.3 Å². The van der Waals surface area contributed by atoms with Gasteiger partial charge in [0.15, 0.2) is 28.9 Å². The van der Waals surface area contributed by atoms with Gasteiger partial charge in [-0.2, -0.15) is 0 Å². The van der Waals surface area contributed by atoms with E-state index in [2.05, 4.69) is 20.2 Å². The van der Waals surface area contributed by atoms with Gasteiger partial charge in [-0.05, 0) is 0 Å². The van der Waals surface area contributed by atoms with Crippen molar-refractivity contribution >= 4 is 27.5 Å². The van der Waals surface area contributed by atoms with Gasteiger partial charge in [0.25, 0.3) is 5.91 Å². The fourth-order valence-corrected chi connectivity index (χ4v) is 5.79. The summed E-state index contributed by atoms with van der Waals surface area (Å²) in [5.74, 6) is -7.04. The number of anilines is 1. The van der Waals surface area contributed by atoms with Crippen LogP contribution in [-0.2, 0) is 17.1 Å². The number of fused-ring (bicyclic) bond motifs is 2. The summed E-state index contributed by atoms with van der Waals surface area (Å²) in [6.45, 7) is 1.57. The van der Waals surface area contributed by atoms with Gasteiger partial charge in [-0.1, -0.05) is 0 Å². The molecule has 2 aliphatic rings. The molecule has 2 aliphatic heterocycles. The average molecular weight is 540 g/mol. The van der Waals surface area contributed by atoms with Gasteiger partial charge in [-0.3, -0.25) is 9.59 Å². The van der Waals surface area contributed by atoms with Crippen molar-refractivity contribution in [2.24, 2.45) is 13.0 Å². The molecule has 4 heterocycles. The summed E-state index contributed by atoms with van der Waals surface area (Å²) in [6.07, 6.45) is 1.15. The van der Waals surface area contributed by atoms with E-state index < -0.39 is 51.2 Å². The van der Waals surface area contributed by atoms with Gasteiger partial charge in [0.05, 0.1) is 6.61 Å². The number of halogens is 3. The highest BCUT2D eigenvalue weighted by Gasteiger charge is 2.43. The zero-order chi connectivity index (χ0) is 26.6. The highest BCUT2D eigenvalue weighted by Crippen LogP contribution is 2.35. The summed E-state index contributed by atoms with van der Waals surface area (Å²) in [6, 6.07) is 0.470. The van der Waals surface area contributed by atoms with Crippen LogP contribution in [-0.4, -0.2) is 65.6 Å². The molecular weight excluding hydrogens is 521 g/mol. The van der Waals surface area contributed by atoms with Crippen molar-refractivity contribution < 1.29 is 40.3 Å². The molecule has 2 N–H and O–H groups in total. The minimum Gasteiger partial charge on any atom is -0.489 e. The molecular formula is C21H19F3N6O6S. The largest absolute Gasteiger partial charge is 0.489 e. The third kappa shape index (κ3) is 4.42. The molecule has 0 unspecified atom stereocenters. The Morgan fingerprint density at radius 3 is 2.51 bits per heavy atom. The van der Waals surface area contributed by atoms with Crippen LogP contribution in [0.25, 0.3) is 0 Å². The molecule has 3 aromatic rings. The zero-order valence-corrected chi connectivity index (χ0v) is 20.1. The van der Waals surface area contributed by atoms with E-state index in [-0.39, 0.29) is 53.5 Å². The Morgan fingerprint density at radius 2 is 1.86 bits per heavy atom. The monoisotopic (exact) mass is 540 g/mol. The summed E-state index contributed by atoms with van der Waals surface area (Å²) >= 11 is 0. The van der Waals surface area contributed by atoms with E-state index in [9.17, 15) is 31.2 Å². The molecule has 0 aliphatic carbocycles. The van der Waals surface area contributed by atoms with Crippen molar-refractivity contribution in [3.8, 4) is 5.75 Å². The van der Waals surface area contributed by atoms with Crippen molar-refractivity contribution in [3.05, 3.63) is 53.3 Å². The highest BCUT2D eigenvalue weighted by molar-refractivity contribution is 7.89. The zero-order valence-electron chi connectivity index (χ0n) is 19.3. The number of likely N-dealkylation sites (tertiary alicyclic amines) is 1. The Bertz CT molecular complexity index is 1510. The highest BCUT2D eigenvalue weighted by atomic mass is 32.2. The van der Waals surface area contributed by atoms with Gasteiger partial charge in [0, 0.05) is 63.0 Å². The predicted octanol–water partition coefficient (Wildman–Crippen LogP) is 1.20. The van der Waals surface area contributed by atoms with E-state index in [1.165, 1.54) is 23.4 Å². The number of nitrogens with zero attached hydrogens (tertiary/aromatic N) is 4. The minimum absolute atomic E-state index is 0.0186. The number of aromatic nitrogens is 3. The van der Waals surface area contributed by atoms with Gasteiger partial charge < -0.3 is 23.9 Å². The quantitative estimate of drug-likeness (QED) is 0.471. The smallest absolute Gasteiger partial charge is 0.311 e. The molecule has 0 bridgehead atoms. The van der Waals surface area contributed by atoms with Crippen molar-refractivity contribution in [2.75, 3.05) is 25.0 Å². The summed E-state index contributed by atoms with van der Waals surface area (Å²) in [4.78, 5) is 26.7. The molecule has 2 aromatic heterocycles. The summed E-state index contributed by atoms with van der Waals surface area (Å²) < 4.78 is 81.5. The lowest BCUT2D eigenvalue weighted by atomic mass is 10.1. The van der Waals surface area contributed by atoms with Gasteiger partial charge in [0.2, 0.25) is 15.9 Å². The van der Waals surface area contributed by atoms with Crippen LogP contribution in [0.5, 0.6) is 5.75 Å². The lowest BCUT2D eigenvalue weighted by Crippen LogP contribution is -2.43. The van der Waals surface area contributed by atoms with E-state index in [1.54, 1.807) is 0 Å². The van der Waals surface area contributed by atoms with Crippen LogP contribution in [0.2, 0.25) is 0 Å². The number of ether oxygens (including phenoxy) is 1. The molecule has 5 rings (SSSR count). The van der Waals surface area contributed by atoms with Gasteiger partial charge in [0.1, 0.15) is 4.90 Å². The fraction of sp³-hybridized carbons (Fsp3) is 0.333. The number of carbonyl (C=O) groups is 2. The minimum atomic E-state index is -4.23. The molecule has 0 radical (unpaired) electrons. The maximum Gasteiger partial charge on any atom is 0.311 e. The molecule has 2 atom stereocenters. The normalized spacial score (nSPS) is 20.4. The summed E-state index contributed by atoms with van der Waals surface area (Å²) in [7, 11) is -2.84. The fourth-order valence-electron chi connectivity index (χ4n) is 4.30. The maximum atomic E-state index is 13.6. The predicted molar refractivity (Wildman–Crippen MR) is 118 cm³/mol. The van der Waals surface area contributed by atoms with Crippen molar-refractivity contribution in [2.45, 2.75) is 17.9 Å². The number of amides is 2. The van der Waals surface area contributed by atoms with E-state index in [0.717, 1.165) is 6.20 Å². The van der Waals surface area contributed by atoms with Crippen LogP contribution in [0.3, 0.4) is 0 Å². The number of sulfonamides is 1. The first kappa shape index (κ1) is 24.8. The maximum absolute atomic E-state index is 13.6. The average Bonchev–Trinajstić information content (AvgIpc) is 3.51. The first-order valence-electron chi connectivity index (χ1n) is 10.8. The molecule has 2 amide bonds. The van der Waals surface area contributed by atoms with E-state index >= 15 is 0 Å². The molecule has 0 saturated carbocycles. The second-order valence-electron chi connectivity index (χ2n) is 8.63. The standard InChI is InChI=1S/C21H19F3N6O6S/c1-9-26-27-20(36-9)21(32)30-5-10-8-35-18-15(37(33,34)28-14(10)6-30)7-29(2)17(18)19(31)25-11-3-12(22)16(24)13(23)4-11/h3-4,7,10,14,28H,5-6,8H2,1-2H3,(H,25,31)/t10-,14-/m1/s1. The van der Waals surface area contributed by atoms with Gasteiger partial charge in [-0.25, -0.2) is 26.3 Å². The van der Waals surface area contributed by atoms with Crippen LogP contribution in [0.1, 0.15) is 27.1 Å². The van der Waals surface area contributed by atoms with Crippen LogP contribution in [0.15, 0.2) is 27.6 Å². The number of hydrogen-bond acceptors (Lipinski definition) is 8. The topological polar surface area (TPSA) is 149 Å². The lowest BCUT2D eigenvalue weighted by Gasteiger charge is -2.23. The summed E-state index contributed by atoms with van der Waals surface area (Å²) in [5, 5.41) is 9.53. The van der Waals surface area contributed by atoms with Crippen LogP contribution >= 0.6 is 0 Å². The molecule has 1 aromatic carbocycles. The second-order valence-corrected chi connectivity index (χ2v) is 10.3. The molecule has 1 saturated heterocycles. The number of aryl methyl sites for hydroxylation is 2. The summed E-state index contributed by atoms with van der Waals surface area (Å²) in [5.41, 5.74) is -0.638. The first-order chi connectivity index (χ1) is 17.4. The number of carbonyl (C=O) groups excluding carboxylic acids is 2. The molecule has 196 valence electrons. The number of nitrogens with one attached hydrogen (secondary N) is 2. The molecule has 1 fully saturated rings. The molecule has 16 heteroatoms. The van der Waals surface area contributed by atoms with Gasteiger partial charge >= 0.3 is 11.8 Å². The van der Waals surface area contributed by atoms with Crippen molar-refractivity contribution in [3.63, 3.8) is 0 Å². The Balaban J connectivity index is 1.41. The van der Waals surface area contributed by atoms with Crippen LogP contribution < -0.4 is 14.8 Å². The van der Waals surface area contributed by atoms with Crippen molar-refractivity contribution in [1.82, 2.24) is 24.4 Å². The second kappa shape index (κ2) is 8.88. The Labute approximate surface area is 207 Å². The number of hydrogen-bond donors (Lipinski definition) is 2. The van der Waals surface area contributed by atoms with Crippen molar-refractivity contribution in [1.29, 1.82) is 0 Å². The van der Waals surface area contributed by atoms with Crippen LogP contribution in [0.4, 0.5) is 18.9 Å². The Morgan fingerprint density at radius 1 is 1.16 bits per heavy atom. The Hall–Kier alpha value is -3.92. The SMILES string of the molecule is Cc1nnc(C(=O)N2C[C@@H]3COc4c(cn(C)c4C(=O)Nc4cc(F)c(F)c(F)c4)S(=O)(=O)N[C@@H]3C2)o1. The van der Waals surface area contributed by atoms with Gasteiger partial charge in [-0.15, -0.1) is 10.2 Å². The molecule has 0 spiro atoms. The first-order valence-corrected chi connectivity index (χ1v) is 12.3. The lowest BCUT2D eigenvalue weighted by molar-refractivity contribution is 0.0741. The Kier molecular flexibility index (Phi) is 5.94. The molecule has 12 nitrogen and oxygen atoms in total. The van der Waals surface area contributed by atoms with E-state index in [1.807, 2.05) is 0 Å². The number of rotatable bonds is 3. The number of benzene rings is 1. The van der Waals surface area contributed by atoms with E-state index in [4.69, 9.17) is 9.15 Å².